The molecule has 0 saturated carbocycles. The van der Waals surface area contributed by atoms with Gasteiger partial charge in [-0.3, -0.25) is 0 Å². The van der Waals surface area contributed by atoms with Gasteiger partial charge in [0.2, 0.25) is 0 Å². The first-order valence-corrected chi connectivity index (χ1v) is 6.05. The summed E-state index contributed by atoms with van der Waals surface area (Å²) in [5.41, 5.74) is 0.864. The van der Waals surface area contributed by atoms with Crippen LogP contribution in [-0.4, -0.2) is 23.7 Å². The molecule has 16 heavy (non-hydrogen) atoms. The normalized spacial score (nSPS) is 14.2. The van der Waals surface area contributed by atoms with E-state index >= 15 is 0 Å². The molecule has 0 spiro atoms. The molecule has 0 aliphatic rings. The van der Waals surface area contributed by atoms with Crippen molar-refractivity contribution in [1.82, 2.24) is 5.32 Å². The van der Waals surface area contributed by atoms with Crippen molar-refractivity contribution < 1.29 is 9.90 Å². The molecule has 3 nitrogen and oxygen atoms in total. The maximum absolute atomic E-state index is 10.4. The molecule has 0 saturated heterocycles. The first-order chi connectivity index (χ1) is 7.41. The van der Waals surface area contributed by atoms with Gasteiger partial charge in [-0.2, -0.15) is 0 Å². The summed E-state index contributed by atoms with van der Waals surface area (Å²) in [5, 5.41) is 11.9. The van der Waals surface area contributed by atoms with Gasteiger partial charge >= 0.3 is 5.97 Å². The molecule has 0 bridgehead atoms. The Morgan fingerprint density at radius 3 is 2.44 bits per heavy atom. The Balaban J connectivity index is 3.64. The fourth-order valence-corrected chi connectivity index (χ4v) is 1.53. The van der Waals surface area contributed by atoms with Gasteiger partial charge in [0.25, 0.3) is 0 Å². The Bertz CT molecular complexity index is 234. The van der Waals surface area contributed by atoms with Gasteiger partial charge in [-0.25, -0.2) is 4.79 Å². The first kappa shape index (κ1) is 15.2. The Labute approximate surface area is 98.9 Å². The monoisotopic (exact) mass is 227 g/mol. The minimum absolute atomic E-state index is 0.455. The number of aliphatic carboxylic acids is 1. The number of carboxylic acids is 1. The summed E-state index contributed by atoms with van der Waals surface area (Å²) < 4.78 is 0. The van der Waals surface area contributed by atoms with E-state index < -0.39 is 5.97 Å². The third kappa shape index (κ3) is 9.71. The molecule has 3 heteroatoms. The lowest BCUT2D eigenvalue weighted by molar-refractivity contribution is -0.131. The van der Waals surface area contributed by atoms with E-state index in [-0.39, 0.29) is 0 Å². The number of carbonyl (C=O) groups is 1. The second-order valence-corrected chi connectivity index (χ2v) is 4.94. The molecular formula is C13H25NO2. The highest BCUT2D eigenvalue weighted by molar-refractivity contribution is 5.80. The summed E-state index contributed by atoms with van der Waals surface area (Å²) in [7, 11) is 0. The first-order valence-electron chi connectivity index (χ1n) is 6.05. The zero-order chi connectivity index (χ0) is 12.6. The van der Waals surface area contributed by atoms with Gasteiger partial charge in [0.05, 0.1) is 0 Å². The maximum Gasteiger partial charge on any atom is 0.328 e. The second-order valence-electron chi connectivity index (χ2n) is 4.94. The van der Waals surface area contributed by atoms with Crippen molar-refractivity contribution >= 4 is 5.97 Å². The molecule has 94 valence electrons. The quantitative estimate of drug-likeness (QED) is 0.627. The Morgan fingerprint density at radius 1 is 1.31 bits per heavy atom. The molecule has 1 unspecified atom stereocenters. The van der Waals surface area contributed by atoms with Gasteiger partial charge in [-0.05, 0) is 26.2 Å². The van der Waals surface area contributed by atoms with Crippen molar-refractivity contribution in [2.75, 3.05) is 6.54 Å². The van der Waals surface area contributed by atoms with Crippen LogP contribution in [0.5, 0.6) is 0 Å². The van der Waals surface area contributed by atoms with Crippen molar-refractivity contribution in [1.29, 1.82) is 0 Å². The van der Waals surface area contributed by atoms with Gasteiger partial charge in [0, 0.05) is 18.7 Å². The van der Waals surface area contributed by atoms with Crippen LogP contribution in [0.2, 0.25) is 0 Å². The number of nitrogens with one attached hydrogen (secondary N) is 1. The van der Waals surface area contributed by atoms with Crippen molar-refractivity contribution in [2.45, 2.75) is 53.0 Å². The lowest BCUT2D eigenvalue weighted by Gasteiger charge is -2.14. The average molecular weight is 227 g/mol. The third-order valence-corrected chi connectivity index (χ3v) is 2.52. The third-order valence-electron chi connectivity index (χ3n) is 2.52. The van der Waals surface area contributed by atoms with E-state index in [0.29, 0.717) is 12.6 Å². The van der Waals surface area contributed by atoms with Crippen LogP contribution < -0.4 is 5.32 Å². The van der Waals surface area contributed by atoms with Crippen molar-refractivity contribution in [2.24, 2.45) is 5.92 Å². The topological polar surface area (TPSA) is 49.3 Å². The fraction of sp³-hybridized carbons (Fsp3) is 0.769. The predicted molar refractivity (Wildman–Crippen MR) is 67.5 cm³/mol. The summed E-state index contributed by atoms with van der Waals surface area (Å²) in [6.45, 7) is 9.11. The van der Waals surface area contributed by atoms with Gasteiger partial charge in [-0.15, -0.1) is 0 Å². The minimum Gasteiger partial charge on any atom is -0.478 e. The SMILES string of the molecule is CC(=CC(=O)O)CNC(C)CCCC(C)C. The highest BCUT2D eigenvalue weighted by atomic mass is 16.4. The Hall–Kier alpha value is -0.830. The van der Waals surface area contributed by atoms with E-state index in [1.54, 1.807) is 0 Å². The lowest BCUT2D eigenvalue weighted by Crippen LogP contribution is -2.27. The standard InChI is InChI=1S/C13H25NO2/c1-10(2)6-5-7-12(4)14-9-11(3)8-13(15)16/h8,10,12,14H,5-7,9H2,1-4H3,(H,15,16). The molecule has 0 aliphatic heterocycles. The van der Waals surface area contributed by atoms with E-state index in [9.17, 15) is 4.79 Å². The van der Waals surface area contributed by atoms with Crippen LogP contribution in [-0.2, 0) is 4.79 Å². The summed E-state index contributed by atoms with van der Waals surface area (Å²) >= 11 is 0. The molecule has 0 fully saturated rings. The molecular weight excluding hydrogens is 202 g/mol. The van der Waals surface area contributed by atoms with Crippen LogP contribution in [0.3, 0.4) is 0 Å². The largest absolute Gasteiger partial charge is 0.478 e. The summed E-state index contributed by atoms with van der Waals surface area (Å²) in [6.07, 6.45) is 4.90. The maximum atomic E-state index is 10.4. The van der Waals surface area contributed by atoms with Crippen molar-refractivity contribution in [3.63, 3.8) is 0 Å². The summed E-state index contributed by atoms with van der Waals surface area (Å²) in [5.74, 6) is -0.104. The van der Waals surface area contributed by atoms with Crippen molar-refractivity contribution in [3.8, 4) is 0 Å². The number of hydrogen-bond acceptors (Lipinski definition) is 2. The van der Waals surface area contributed by atoms with E-state index in [2.05, 4.69) is 26.1 Å². The zero-order valence-electron chi connectivity index (χ0n) is 10.9. The number of carboxylic acid groups (broad SMARTS) is 1. The Kier molecular flexibility index (Phi) is 7.90. The summed E-state index contributed by atoms with van der Waals surface area (Å²) in [6, 6.07) is 0.455. The minimum atomic E-state index is -0.869. The van der Waals surface area contributed by atoms with Crippen LogP contribution in [0.4, 0.5) is 0 Å². The van der Waals surface area contributed by atoms with E-state index in [0.717, 1.165) is 17.9 Å². The second kappa shape index (κ2) is 8.34. The molecule has 2 N–H and O–H groups in total. The van der Waals surface area contributed by atoms with Crippen LogP contribution in [0.15, 0.2) is 11.6 Å². The smallest absolute Gasteiger partial charge is 0.328 e. The van der Waals surface area contributed by atoms with E-state index in [1.807, 2.05) is 6.92 Å². The molecule has 0 aliphatic carbocycles. The van der Waals surface area contributed by atoms with Crippen LogP contribution >= 0.6 is 0 Å². The summed E-state index contributed by atoms with van der Waals surface area (Å²) in [4.78, 5) is 10.4. The molecule has 0 amide bonds. The molecule has 0 heterocycles. The molecule has 0 aromatic rings. The van der Waals surface area contributed by atoms with Gasteiger partial charge in [0.1, 0.15) is 0 Å². The molecule has 1 atom stereocenters. The molecule has 0 aromatic heterocycles. The fourth-order valence-electron chi connectivity index (χ4n) is 1.53. The van der Waals surface area contributed by atoms with Gasteiger partial charge in [-0.1, -0.05) is 32.3 Å². The molecule has 0 radical (unpaired) electrons. The highest BCUT2D eigenvalue weighted by Gasteiger charge is 2.03. The molecule has 0 rings (SSSR count). The lowest BCUT2D eigenvalue weighted by atomic mass is 10.0. The number of hydrogen-bond donors (Lipinski definition) is 2. The van der Waals surface area contributed by atoms with Crippen LogP contribution in [0, 0.1) is 5.92 Å². The molecule has 0 aromatic carbocycles. The average Bonchev–Trinajstić information content (AvgIpc) is 2.13. The Morgan fingerprint density at radius 2 is 1.94 bits per heavy atom. The van der Waals surface area contributed by atoms with Crippen molar-refractivity contribution in [3.05, 3.63) is 11.6 Å². The van der Waals surface area contributed by atoms with Gasteiger partial charge < -0.3 is 10.4 Å². The highest BCUT2D eigenvalue weighted by Crippen LogP contribution is 2.08. The number of rotatable bonds is 8. The van der Waals surface area contributed by atoms with E-state index in [4.69, 9.17) is 5.11 Å². The van der Waals surface area contributed by atoms with Gasteiger partial charge in [0.15, 0.2) is 0 Å². The van der Waals surface area contributed by atoms with E-state index in [1.165, 1.54) is 18.9 Å². The predicted octanol–water partition coefficient (Wildman–Crippen LogP) is 2.82. The zero-order valence-corrected chi connectivity index (χ0v) is 10.9. The van der Waals surface area contributed by atoms with Crippen LogP contribution in [0.25, 0.3) is 0 Å². The van der Waals surface area contributed by atoms with Crippen LogP contribution in [0.1, 0.15) is 47.0 Å².